The Balaban J connectivity index is 1.95. The quantitative estimate of drug-likeness (QED) is 0.788. The summed E-state index contributed by atoms with van der Waals surface area (Å²) in [4.78, 5) is 12.6. The number of aryl methyl sites for hydroxylation is 1. The summed E-state index contributed by atoms with van der Waals surface area (Å²) in [7, 11) is -2.36. The van der Waals surface area contributed by atoms with Gasteiger partial charge >= 0.3 is 5.97 Å². The fourth-order valence-electron chi connectivity index (χ4n) is 3.71. The van der Waals surface area contributed by atoms with Crippen LogP contribution in [0.2, 0.25) is 0 Å². The molecule has 0 fully saturated rings. The van der Waals surface area contributed by atoms with E-state index < -0.39 is 21.2 Å². The van der Waals surface area contributed by atoms with Gasteiger partial charge < -0.3 is 9.47 Å². The average Bonchev–Trinajstić information content (AvgIpc) is 3.00. The fraction of sp³-hybridized carbons (Fsp3) is 0.316. The Morgan fingerprint density at radius 1 is 1.12 bits per heavy atom. The summed E-state index contributed by atoms with van der Waals surface area (Å²) in [6.07, 6.45) is 3.61. The second-order valence-corrected chi connectivity index (χ2v) is 8.30. The molecule has 0 bridgehead atoms. The molecule has 1 heterocycles. The summed E-state index contributed by atoms with van der Waals surface area (Å²) in [5.41, 5.74) is 1.40. The van der Waals surface area contributed by atoms with E-state index in [1.165, 1.54) is 19.2 Å². The van der Waals surface area contributed by atoms with E-state index in [9.17, 15) is 13.2 Å². The topological polar surface area (TPSA) is 69.7 Å². The lowest BCUT2D eigenvalue weighted by atomic mass is 9.86. The van der Waals surface area contributed by atoms with Crippen LogP contribution in [0.25, 0.3) is 0 Å². The maximum atomic E-state index is 13.1. The van der Waals surface area contributed by atoms with Crippen molar-refractivity contribution in [2.45, 2.75) is 36.0 Å². The van der Waals surface area contributed by atoms with Gasteiger partial charge in [-0.3, -0.25) is 0 Å². The minimum Gasteiger partial charge on any atom is -0.496 e. The van der Waals surface area contributed by atoms with Gasteiger partial charge in [-0.2, -0.15) is 0 Å². The van der Waals surface area contributed by atoms with Crippen LogP contribution >= 0.6 is 0 Å². The third kappa shape index (κ3) is 2.43. The number of hydrogen-bond acceptors (Lipinski definition) is 5. The molecular formula is C19H18O5S. The van der Waals surface area contributed by atoms with Gasteiger partial charge in [0.1, 0.15) is 11.3 Å². The van der Waals surface area contributed by atoms with Crippen LogP contribution in [0, 0.1) is 0 Å². The highest BCUT2D eigenvalue weighted by Gasteiger charge is 2.45. The van der Waals surface area contributed by atoms with Gasteiger partial charge in [-0.15, -0.1) is 0 Å². The molecule has 4 rings (SSSR count). The minimum absolute atomic E-state index is 0.146. The molecule has 6 heteroatoms. The molecule has 0 saturated carbocycles. The number of carbonyl (C=O) groups is 1. The minimum atomic E-state index is -3.84. The molecule has 0 spiro atoms. The van der Waals surface area contributed by atoms with E-state index in [4.69, 9.17) is 9.47 Å². The molecule has 1 aliphatic carbocycles. The second-order valence-electron chi connectivity index (χ2n) is 6.31. The Labute approximate surface area is 146 Å². The molecule has 25 heavy (non-hydrogen) atoms. The number of rotatable bonds is 3. The van der Waals surface area contributed by atoms with Crippen molar-refractivity contribution in [1.29, 1.82) is 0 Å². The molecule has 0 amide bonds. The molecule has 5 nitrogen and oxygen atoms in total. The van der Waals surface area contributed by atoms with E-state index in [1.807, 2.05) is 6.07 Å². The summed E-state index contributed by atoms with van der Waals surface area (Å²) in [5, 5.41) is 0. The maximum Gasteiger partial charge on any atom is 0.344 e. The predicted octanol–water partition coefficient (Wildman–Crippen LogP) is 3.22. The van der Waals surface area contributed by atoms with Gasteiger partial charge in [-0.1, -0.05) is 18.2 Å². The van der Waals surface area contributed by atoms with Gasteiger partial charge in [-0.25, -0.2) is 13.2 Å². The first-order valence-corrected chi connectivity index (χ1v) is 9.81. The van der Waals surface area contributed by atoms with Gasteiger partial charge in [0.05, 0.1) is 12.0 Å². The zero-order valence-corrected chi connectivity index (χ0v) is 14.6. The third-order valence-corrected chi connectivity index (χ3v) is 6.71. The summed E-state index contributed by atoms with van der Waals surface area (Å²) >= 11 is 0. The van der Waals surface area contributed by atoms with Crippen molar-refractivity contribution in [1.82, 2.24) is 0 Å². The van der Waals surface area contributed by atoms with Crippen LogP contribution in [0.15, 0.2) is 41.3 Å². The second kappa shape index (κ2) is 5.88. The summed E-state index contributed by atoms with van der Waals surface area (Å²) < 4.78 is 36.9. The monoisotopic (exact) mass is 358 g/mol. The normalized spacial score (nSPS) is 19.1. The molecule has 0 saturated heterocycles. The highest BCUT2D eigenvalue weighted by Crippen LogP contribution is 2.46. The first-order valence-electron chi connectivity index (χ1n) is 8.26. The van der Waals surface area contributed by atoms with Gasteiger partial charge in [0.25, 0.3) is 0 Å². The Morgan fingerprint density at radius 3 is 2.56 bits per heavy atom. The van der Waals surface area contributed by atoms with E-state index in [0.29, 0.717) is 11.3 Å². The van der Waals surface area contributed by atoms with Crippen molar-refractivity contribution >= 4 is 15.8 Å². The molecule has 2 aromatic rings. The van der Waals surface area contributed by atoms with Gasteiger partial charge in [0.2, 0.25) is 15.3 Å². The van der Waals surface area contributed by atoms with Crippen LogP contribution in [0.5, 0.6) is 5.75 Å². The fourth-order valence-corrected chi connectivity index (χ4v) is 5.28. The predicted molar refractivity (Wildman–Crippen MR) is 91.4 cm³/mol. The van der Waals surface area contributed by atoms with Crippen LogP contribution in [0.3, 0.4) is 0 Å². The zero-order valence-electron chi connectivity index (χ0n) is 13.8. The van der Waals surface area contributed by atoms with Crippen molar-refractivity contribution in [2.75, 3.05) is 7.11 Å². The molecule has 130 valence electrons. The molecule has 2 aromatic carbocycles. The zero-order chi connectivity index (χ0) is 17.6. The number of carbonyl (C=O) groups excluding carboxylic acids is 1. The van der Waals surface area contributed by atoms with E-state index in [0.717, 1.165) is 36.8 Å². The van der Waals surface area contributed by atoms with Gasteiger partial charge in [0.15, 0.2) is 0 Å². The van der Waals surface area contributed by atoms with Crippen LogP contribution in [0.4, 0.5) is 0 Å². The van der Waals surface area contributed by atoms with Crippen molar-refractivity contribution in [3.05, 3.63) is 58.7 Å². The van der Waals surface area contributed by atoms with Crippen LogP contribution in [0.1, 0.15) is 45.3 Å². The van der Waals surface area contributed by atoms with E-state index in [-0.39, 0.29) is 10.5 Å². The molecule has 1 atom stereocenters. The SMILES string of the molecule is COc1cc2c(c3c1C(=O)OC3S(=O)(=O)c1ccccc1)CCCC2. The van der Waals surface area contributed by atoms with E-state index in [2.05, 4.69) is 0 Å². The first-order chi connectivity index (χ1) is 12.0. The number of methoxy groups -OCH3 is 1. The van der Waals surface area contributed by atoms with Crippen molar-refractivity contribution < 1.29 is 22.7 Å². The number of fused-ring (bicyclic) bond motifs is 3. The Hall–Kier alpha value is -2.34. The molecule has 0 N–H and O–H groups in total. The molecular weight excluding hydrogens is 340 g/mol. The maximum absolute atomic E-state index is 13.1. The van der Waals surface area contributed by atoms with Gasteiger partial charge in [0, 0.05) is 5.56 Å². The number of hydrogen-bond donors (Lipinski definition) is 0. The number of esters is 1. The average molecular weight is 358 g/mol. The lowest BCUT2D eigenvalue weighted by Gasteiger charge is -2.22. The van der Waals surface area contributed by atoms with Crippen molar-refractivity contribution in [2.24, 2.45) is 0 Å². The number of benzene rings is 2. The first kappa shape index (κ1) is 16.1. The van der Waals surface area contributed by atoms with E-state index >= 15 is 0 Å². The smallest absolute Gasteiger partial charge is 0.344 e. The highest BCUT2D eigenvalue weighted by atomic mass is 32.2. The van der Waals surface area contributed by atoms with Crippen LogP contribution in [-0.2, 0) is 27.4 Å². The summed E-state index contributed by atoms with van der Waals surface area (Å²) in [6.45, 7) is 0. The summed E-state index contributed by atoms with van der Waals surface area (Å²) in [6, 6.07) is 9.96. The molecule has 0 aromatic heterocycles. The Bertz CT molecular complexity index is 948. The molecule has 1 unspecified atom stereocenters. The molecule has 0 radical (unpaired) electrons. The van der Waals surface area contributed by atoms with Crippen LogP contribution in [-0.4, -0.2) is 21.5 Å². The Morgan fingerprint density at radius 2 is 1.84 bits per heavy atom. The lowest BCUT2D eigenvalue weighted by Crippen LogP contribution is -2.17. The largest absolute Gasteiger partial charge is 0.496 e. The van der Waals surface area contributed by atoms with Crippen molar-refractivity contribution in [3.8, 4) is 5.75 Å². The summed E-state index contributed by atoms with van der Waals surface area (Å²) in [5.74, 6) is -0.240. The van der Waals surface area contributed by atoms with Crippen molar-refractivity contribution in [3.63, 3.8) is 0 Å². The number of cyclic esters (lactones) is 1. The highest BCUT2D eigenvalue weighted by molar-refractivity contribution is 7.91. The van der Waals surface area contributed by atoms with Crippen LogP contribution < -0.4 is 4.74 Å². The molecule has 1 aliphatic heterocycles. The lowest BCUT2D eigenvalue weighted by molar-refractivity contribution is 0.0506. The molecule has 2 aliphatic rings. The number of ether oxygens (including phenoxy) is 2. The number of sulfone groups is 1. The third-order valence-electron chi connectivity index (χ3n) is 4.88. The standard InChI is InChI=1S/C19H18O5S/c1-23-15-11-12-7-5-6-10-14(12)16-17(15)18(20)24-19(16)25(21,22)13-8-3-2-4-9-13/h2-4,8-9,11,19H,5-7,10H2,1H3. The van der Waals surface area contributed by atoms with E-state index in [1.54, 1.807) is 18.2 Å². The van der Waals surface area contributed by atoms with Gasteiger partial charge in [-0.05, 0) is 55.0 Å². The Kier molecular flexibility index (Phi) is 3.80.